The van der Waals surface area contributed by atoms with Crippen molar-refractivity contribution in [3.8, 4) is 0 Å². The van der Waals surface area contributed by atoms with Crippen LogP contribution in [0.2, 0.25) is 0 Å². The van der Waals surface area contributed by atoms with E-state index in [0.717, 1.165) is 23.6 Å². The third kappa shape index (κ3) is 4.26. The molecule has 1 saturated heterocycles. The summed E-state index contributed by atoms with van der Waals surface area (Å²) >= 11 is 0. The molecule has 0 atom stereocenters. The van der Waals surface area contributed by atoms with Crippen LogP contribution in [-0.2, 0) is 4.74 Å². The van der Waals surface area contributed by atoms with Crippen molar-refractivity contribution in [2.75, 3.05) is 25.1 Å². The lowest BCUT2D eigenvalue weighted by Gasteiger charge is -2.22. The van der Waals surface area contributed by atoms with Gasteiger partial charge in [0.2, 0.25) is 0 Å². The van der Waals surface area contributed by atoms with E-state index in [1.807, 2.05) is 30.3 Å². The van der Waals surface area contributed by atoms with Crippen LogP contribution in [0.15, 0.2) is 60.8 Å². The summed E-state index contributed by atoms with van der Waals surface area (Å²) in [5.41, 5.74) is 0.524. The number of fused-ring (bicyclic) bond motifs is 1. The summed E-state index contributed by atoms with van der Waals surface area (Å²) in [4.78, 5) is 25.7. The highest BCUT2D eigenvalue weighted by atomic mass is 16.5. The Morgan fingerprint density at radius 2 is 1.77 bits per heavy atom. The van der Waals surface area contributed by atoms with Crippen LogP contribution in [0.1, 0.15) is 33.7 Å². The first-order valence-corrected chi connectivity index (χ1v) is 10.0. The molecule has 1 aromatic heterocycles. The van der Waals surface area contributed by atoms with Crippen LogP contribution in [0, 0.1) is 11.1 Å². The van der Waals surface area contributed by atoms with Crippen molar-refractivity contribution in [2.24, 2.45) is 5.92 Å². The van der Waals surface area contributed by atoms with Crippen LogP contribution in [0.25, 0.3) is 10.8 Å². The molecule has 2 aromatic carbocycles. The minimum absolute atomic E-state index is 0.127. The van der Waals surface area contributed by atoms with Crippen LogP contribution in [0.5, 0.6) is 0 Å². The molecule has 2 amide bonds. The molecule has 0 saturated carbocycles. The van der Waals surface area contributed by atoms with E-state index >= 15 is 0 Å². The Kier molecular flexibility index (Phi) is 5.90. The second-order valence-corrected chi connectivity index (χ2v) is 7.34. The first-order valence-electron chi connectivity index (χ1n) is 10.0. The minimum atomic E-state index is -0.509. The van der Waals surface area contributed by atoms with Crippen molar-refractivity contribution >= 4 is 28.3 Å². The lowest BCUT2D eigenvalue weighted by molar-refractivity contribution is -0.607. The fourth-order valence-electron chi connectivity index (χ4n) is 3.70. The van der Waals surface area contributed by atoms with Crippen LogP contribution >= 0.6 is 0 Å². The van der Waals surface area contributed by atoms with E-state index < -0.39 is 5.91 Å². The molecule has 0 unspecified atom stereocenters. The van der Waals surface area contributed by atoms with Gasteiger partial charge in [0.1, 0.15) is 5.69 Å². The second-order valence-electron chi connectivity index (χ2n) is 7.34. The van der Waals surface area contributed by atoms with Gasteiger partial charge in [-0.25, -0.2) is 0 Å². The average Bonchev–Trinajstić information content (AvgIpc) is 2.78. The van der Waals surface area contributed by atoms with Gasteiger partial charge in [-0.15, -0.1) is 0 Å². The normalized spacial score (nSPS) is 14.4. The van der Waals surface area contributed by atoms with Gasteiger partial charge < -0.3 is 20.6 Å². The molecule has 0 aliphatic carbocycles. The molecule has 2 heterocycles. The molecule has 4 rings (SSSR count). The number of amides is 2. The fourth-order valence-corrected chi connectivity index (χ4v) is 3.70. The molecule has 3 aromatic rings. The number of anilines is 1. The Morgan fingerprint density at radius 3 is 2.60 bits per heavy atom. The molecule has 0 bridgehead atoms. The molecule has 1 fully saturated rings. The van der Waals surface area contributed by atoms with Crippen molar-refractivity contribution < 1.29 is 19.1 Å². The Balaban J connectivity index is 1.55. The zero-order chi connectivity index (χ0) is 20.9. The molecular weight excluding hydrogens is 382 g/mol. The van der Waals surface area contributed by atoms with E-state index in [0.29, 0.717) is 36.0 Å². The van der Waals surface area contributed by atoms with Crippen LogP contribution < -0.4 is 15.4 Å². The van der Waals surface area contributed by atoms with E-state index in [2.05, 4.69) is 10.6 Å². The summed E-state index contributed by atoms with van der Waals surface area (Å²) < 4.78 is 5.82. The highest BCUT2D eigenvalue weighted by Crippen LogP contribution is 2.21. The van der Waals surface area contributed by atoms with Gasteiger partial charge in [0, 0.05) is 31.4 Å². The Morgan fingerprint density at radius 1 is 1.00 bits per heavy atom. The molecular formula is C23H23N3O4. The Hall–Kier alpha value is -3.45. The van der Waals surface area contributed by atoms with Gasteiger partial charge in [0.05, 0.1) is 0 Å². The van der Waals surface area contributed by atoms with Gasteiger partial charge in [0.15, 0.2) is 6.20 Å². The summed E-state index contributed by atoms with van der Waals surface area (Å²) in [5, 5.41) is 19.6. The van der Waals surface area contributed by atoms with Crippen molar-refractivity contribution in [2.45, 2.75) is 12.8 Å². The SMILES string of the molecule is O=C(Nc1ccc[n+]([O-])c1C(=O)NCC1CCOCC1)c1cccc2ccccc12. The number of ether oxygens (including phenoxy) is 1. The molecule has 0 spiro atoms. The Labute approximate surface area is 174 Å². The number of hydrogen-bond acceptors (Lipinski definition) is 4. The van der Waals surface area contributed by atoms with Crippen LogP contribution in [-0.4, -0.2) is 31.6 Å². The van der Waals surface area contributed by atoms with E-state index in [9.17, 15) is 14.8 Å². The average molecular weight is 405 g/mol. The minimum Gasteiger partial charge on any atom is -0.618 e. The van der Waals surface area contributed by atoms with Gasteiger partial charge >= 0.3 is 11.6 Å². The molecule has 7 heteroatoms. The van der Waals surface area contributed by atoms with E-state index in [1.165, 1.54) is 12.3 Å². The lowest BCUT2D eigenvalue weighted by Crippen LogP contribution is -2.42. The number of nitrogens with one attached hydrogen (secondary N) is 2. The third-order valence-electron chi connectivity index (χ3n) is 5.35. The highest BCUT2D eigenvalue weighted by molar-refractivity contribution is 6.14. The molecule has 154 valence electrons. The van der Waals surface area contributed by atoms with Crippen molar-refractivity contribution in [1.82, 2.24) is 5.32 Å². The third-order valence-corrected chi connectivity index (χ3v) is 5.35. The lowest BCUT2D eigenvalue weighted by atomic mass is 10.0. The largest absolute Gasteiger partial charge is 0.618 e. The predicted molar refractivity (Wildman–Crippen MR) is 113 cm³/mol. The van der Waals surface area contributed by atoms with E-state index in [1.54, 1.807) is 18.2 Å². The standard InChI is InChI=1S/C23H23N3O4/c27-22(19-8-3-6-17-5-1-2-7-18(17)19)25-20-9-4-12-26(29)21(20)23(28)24-15-16-10-13-30-14-11-16/h1-9,12,16H,10-11,13-15H2,(H,24,28)(H,25,27). The summed E-state index contributed by atoms with van der Waals surface area (Å²) in [7, 11) is 0. The second kappa shape index (κ2) is 8.92. The summed E-state index contributed by atoms with van der Waals surface area (Å²) in [6.45, 7) is 1.83. The van der Waals surface area contributed by atoms with Gasteiger partial charge in [-0.05, 0) is 41.7 Å². The molecule has 0 radical (unpaired) electrons. The topological polar surface area (TPSA) is 94.4 Å². The number of pyridine rings is 1. The van der Waals surface area contributed by atoms with E-state index in [4.69, 9.17) is 4.74 Å². The van der Waals surface area contributed by atoms with E-state index in [-0.39, 0.29) is 17.3 Å². The van der Waals surface area contributed by atoms with Gasteiger partial charge in [-0.2, -0.15) is 4.73 Å². The number of nitrogens with zero attached hydrogens (tertiary/aromatic N) is 1. The maximum absolute atomic E-state index is 13.0. The summed E-state index contributed by atoms with van der Waals surface area (Å²) in [5.74, 6) is -0.568. The van der Waals surface area contributed by atoms with Gasteiger partial charge in [-0.1, -0.05) is 36.4 Å². The maximum atomic E-state index is 13.0. The maximum Gasteiger partial charge on any atom is 0.319 e. The monoisotopic (exact) mass is 405 g/mol. The van der Waals surface area contributed by atoms with Crippen LogP contribution in [0.4, 0.5) is 5.69 Å². The number of rotatable bonds is 5. The molecule has 2 N–H and O–H groups in total. The number of hydrogen-bond donors (Lipinski definition) is 2. The van der Waals surface area contributed by atoms with Crippen LogP contribution in [0.3, 0.4) is 0 Å². The highest BCUT2D eigenvalue weighted by Gasteiger charge is 2.25. The fraction of sp³-hybridized carbons (Fsp3) is 0.261. The summed E-state index contributed by atoms with van der Waals surface area (Å²) in [6.07, 6.45) is 2.99. The van der Waals surface area contributed by atoms with Crippen molar-refractivity contribution in [3.05, 3.63) is 77.3 Å². The number of benzene rings is 2. The predicted octanol–water partition coefficient (Wildman–Crippen LogP) is 2.88. The molecule has 30 heavy (non-hydrogen) atoms. The molecule has 1 aliphatic heterocycles. The smallest absolute Gasteiger partial charge is 0.319 e. The quantitative estimate of drug-likeness (QED) is 0.504. The van der Waals surface area contributed by atoms with Gasteiger partial charge in [-0.3, -0.25) is 9.59 Å². The van der Waals surface area contributed by atoms with Crippen molar-refractivity contribution in [3.63, 3.8) is 0 Å². The first-order chi connectivity index (χ1) is 14.6. The number of carbonyl (C=O) groups is 2. The zero-order valence-electron chi connectivity index (χ0n) is 16.5. The number of carbonyl (C=O) groups excluding carboxylic acids is 2. The first kappa shape index (κ1) is 19.8. The Bertz CT molecular complexity index is 1070. The van der Waals surface area contributed by atoms with Gasteiger partial charge in [0.25, 0.3) is 5.91 Å². The molecule has 1 aliphatic rings. The molecule has 7 nitrogen and oxygen atoms in total. The zero-order valence-corrected chi connectivity index (χ0v) is 16.5. The summed E-state index contributed by atoms with van der Waals surface area (Å²) in [6, 6.07) is 16.1. The number of aromatic nitrogens is 1. The van der Waals surface area contributed by atoms with Crippen molar-refractivity contribution in [1.29, 1.82) is 0 Å².